The molecule has 0 aromatic heterocycles. The van der Waals surface area contributed by atoms with Crippen molar-refractivity contribution in [2.45, 2.75) is 31.6 Å². The number of carbonyl (C=O) groups is 2. The fourth-order valence-corrected chi connectivity index (χ4v) is 2.79. The molecule has 26 heavy (non-hydrogen) atoms. The highest BCUT2D eigenvalue weighted by molar-refractivity contribution is 5.77. The number of rotatable bonds is 5. The highest BCUT2D eigenvalue weighted by Gasteiger charge is 2.30. The number of hydrogen-bond acceptors (Lipinski definition) is 3. The number of carbonyl (C=O) groups excluding carboxylic acids is 2. The number of urea groups is 1. The molecule has 3 amide bonds. The van der Waals surface area contributed by atoms with E-state index in [-0.39, 0.29) is 18.5 Å². The molecule has 1 aliphatic heterocycles. The minimum absolute atomic E-state index is 0.0163. The standard InChI is InChI=1S/C17H23F3N4O2/c1-21-15(25)11-24-7-5-14(6-8-24)23-16(26)22-10-12-3-2-4-13(9-12)17(18,19)20/h2-4,9,14H,5-8,10-11H2,1H3,(H,21,25)(H2,22,23,26). The minimum atomic E-state index is -4.40. The Morgan fingerprint density at radius 1 is 1.23 bits per heavy atom. The summed E-state index contributed by atoms with van der Waals surface area (Å²) < 4.78 is 38.0. The third-order valence-electron chi connectivity index (χ3n) is 4.28. The zero-order chi connectivity index (χ0) is 19.2. The molecule has 0 unspecified atom stereocenters. The van der Waals surface area contributed by atoms with Gasteiger partial charge in [-0.3, -0.25) is 9.69 Å². The molecule has 1 aromatic rings. The molecule has 0 bridgehead atoms. The third-order valence-corrected chi connectivity index (χ3v) is 4.28. The molecular weight excluding hydrogens is 349 g/mol. The average Bonchev–Trinajstić information content (AvgIpc) is 2.61. The lowest BCUT2D eigenvalue weighted by atomic mass is 10.1. The van der Waals surface area contributed by atoms with Crippen molar-refractivity contribution in [3.8, 4) is 0 Å². The van der Waals surface area contributed by atoms with Crippen LogP contribution >= 0.6 is 0 Å². The van der Waals surface area contributed by atoms with Crippen LogP contribution in [0, 0.1) is 0 Å². The lowest BCUT2D eigenvalue weighted by Gasteiger charge is -2.31. The van der Waals surface area contributed by atoms with Crippen LogP contribution < -0.4 is 16.0 Å². The van der Waals surface area contributed by atoms with Crippen molar-refractivity contribution in [1.82, 2.24) is 20.9 Å². The van der Waals surface area contributed by atoms with E-state index in [4.69, 9.17) is 0 Å². The molecule has 1 aliphatic rings. The van der Waals surface area contributed by atoms with E-state index in [9.17, 15) is 22.8 Å². The quantitative estimate of drug-likeness (QED) is 0.737. The number of hydrogen-bond donors (Lipinski definition) is 3. The van der Waals surface area contributed by atoms with E-state index >= 15 is 0 Å². The van der Waals surface area contributed by atoms with Crippen LogP contribution in [0.15, 0.2) is 24.3 Å². The number of benzene rings is 1. The molecular formula is C17H23F3N4O2. The largest absolute Gasteiger partial charge is 0.416 e. The van der Waals surface area contributed by atoms with E-state index in [0.717, 1.165) is 12.1 Å². The molecule has 3 N–H and O–H groups in total. The zero-order valence-corrected chi connectivity index (χ0v) is 14.5. The Kier molecular flexibility index (Phi) is 6.84. The maximum Gasteiger partial charge on any atom is 0.416 e. The predicted octanol–water partition coefficient (Wildman–Crippen LogP) is 1.72. The number of amides is 3. The van der Waals surface area contributed by atoms with Gasteiger partial charge in [-0.2, -0.15) is 13.2 Å². The summed E-state index contributed by atoms with van der Waals surface area (Å²) in [4.78, 5) is 25.3. The van der Waals surface area contributed by atoms with E-state index in [1.54, 1.807) is 7.05 Å². The summed E-state index contributed by atoms with van der Waals surface area (Å²) in [6, 6.07) is 4.45. The highest BCUT2D eigenvalue weighted by Crippen LogP contribution is 2.29. The van der Waals surface area contributed by atoms with Crippen LogP contribution in [-0.2, 0) is 17.5 Å². The zero-order valence-electron chi connectivity index (χ0n) is 14.5. The molecule has 9 heteroatoms. The number of alkyl halides is 3. The molecule has 6 nitrogen and oxygen atoms in total. The summed E-state index contributed by atoms with van der Waals surface area (Å²) in [5, 5.41) is 7.98. The van der Waals surface area contributed by atoms with Crippen LogP contribution in [0.2, 0.25) is 0 Å². The van der Waals surface area contributed by atoms with E-state index in [0.29, 0.717) is 38.0 Å². The van der Waals surface area contributed by atoms with Gasteiger partial charge in [0.05, 0.1) is 12.1 Å². The van der Waals surface area contributed by atoms with Crippen molar-refractivity contribution in [3.63, 3.8) is 0 Å². The number of nitrogens with zero attached hydrogens (tertiary/aromatic N) is 1. The van der Waals surface area contributed by atoms with Crippen molar-refractivity contribution < 1.29 is 22.8 Å². The van der Waals surface area contributed by atoms with Gasteiger partial charge in [0.2, 0.25) is 5.91 Å². The van der Waals surface area contributed by atoms with Gasteiger partial charge in [0, 0.05) is 32.7 Å². The molecule has 1 heterocycles. The van der Waals surface area contributed by atoms with E-state index in [1.807, 2.05) is 4.90 Å². The summed E-state index contributed by atoms with van der Waals surface area (Å²) >= 11 is 0. The second kappa shape index (κ2) is 8.88. The van der Waals surface area contributed by atoms with Crippen molar-refractivity contribution in [1.29, 1.82) is 0 Å². The summed E-state index contributed by atoms with van der Waals surface area (Å²) in [6.07, 6.45) is -2.97. The Bertz CT molecular complexity index is 629. The van der Waals surface area contributed by atoms with Gasteiger partial charge in [-0.1, -0.05) is 12.1 Å². The Morgan fingerprint density at radius 2 is 1.92 bits per heavy atom. The molecule has 0 spiro atoms. The minimum Gasteiger partial charge on any atom is -0.358 e. The third kappa shape index (κ3) is 6.21. The van der Waals surface area contributed by atoms with Crippen molar-refractivity contribution in [2.24, 2.45) is 0 Å². The maximum atomic E-state index is 12.7. The Balaban J connectivity index is 1.74. The molecule has 2 rings (SSSR count). The van der Waals surface area contributed by atoms with Gasteiger partial charge in [-0.15, -0.1) is 0 Å². The molecule has 1 fully saturated rings. The first-order chi connectivity index (χ1) is 12.3. The summed E-state index contributed by atoms with van der Waals surface area (Å²) in [5.41, 5.74) is -0.351. The second-order valence-corrected chi connectivity index (χ2v) is 6.25. The Hall–Kier alpha value is -2.29. The van der Waals surface area contributed by atoms with Crippen LogP contribution in [-0.4, -0.2) is 49.6 Å². The lowest BCUT2D eigenvalue weighted by molar-refractivity contribution is -0.137. The molecule has 0 atom stereocenters. The van der Waals surface area contributed by atoms with Gasteiger partial charge in [0.1, 0.15) is 0 Å². The molecule has 1 aromatic carbocycles. The van der Waals surface area contributed by atoms with Gasteiger partial charge < -0.3 is 16.0 Å². The topological polar surface area (TPSA) is 73.5 Å². The second-order valence-electron chi connectivity index (χ2n) is 6.25. The van der Waals surface area contributed by atoms with Gasteiger partial charge in [0.15, 0.2) is 0 Å². The first-order valence-corrected chi connectivity index (χ1v) is 8.41. The highest BCUT2D eigenvalue weighted by atomic mass is 19.4. The first-order valence-electron chi connectivity index (χ1n) is 8.41. The number of nitrogens with one attached hydrogen (secondary N) is 3. The van der Waals surface area contributed by atoms with Crippen molar-refractivity contribution in [2.75, 3.05) is 26.7 Å². The molecule has 0 radical (unpaired) electrons. The normalized spacial score (nSPS) is 16.2. The summed E-state index contributed by atoms with van der Waals surface area (Å²) in [7, 11) is 1.59. The summed E-state index contributed by atoms with van der Waals surface area (Å²) in [6.45, 7) is 1.76. The van der Waals surface area contributed by atoms with Gasteiger partial charge >= 0.3 is 12.2 Å². The van der Waals surface area contributed by atoms with E-state index < -0.39 is 17.8 Å². The monoisotopic (exact) mass is 372 g/mol. The predicted molar refractivity (Wildman–Crippen MR) is 90.3 cm³/mol. The molecule has 144 valence electrons. The van der Waals surface area contributed by atoms with Gasteiger partial charge in [-0.25, -0.2) is 4.79 Å². The molecule has 0 aliphatic carbocycles. The maximum absolute atomic E-state index is 12.7. The molecule has 1 saturated heterocycles. The average molecular weight is 372 g/mol. The fraction of sp³-hybridized carbons (Fsp3) is 0.529. The van der Waals surface area contributed by atoms with Crippen molar-refractivity contribution >= 4 is 11.9 Å². The van der Waals surface area contributed by atoms with Crippen LogP contribution in [0.5, 0.6) is 0 Å². The first kappa shape index (κ1) is 20.0. The number of likely N-dealkylation sites (N-methyl/N-ethyl adjacent to an activating group) is 1. The summed E-state index contributed by atoms with van der Waals surface area (Å²) in [5.74, 6) is -0.0461. The smallest absolute Gasteiger partial charge is 0.358 e. The number of likely N-dealkylation sites (tertiary alicyclic amines) is 1. The molecule has 0 saturated carbocycles. The lowest BCUT2D eigenvalue weighted by Crippen LogP contribution is -2.49. The van der Waals surface area contributed by atoms with Crippen LogP contribution in [0.3, 0.4) is 0 Å². The number of halogens is 3. The van der Waals surface area contributed by atoms with Crippen LogP contribution in [0.4, 0.5) is 18.0 Å². The van der Waals surface area contributed by atoms with E-state index in [2.05, 4.69) is 16.0 Å². The van der Waals surface area contributed by atoms with Crippen LogP contribution in [0.25, 0.3) is 0 Å². The SMILES string of the molecule is CNC(=O)CN1CCC(NC(=O)NCc2cccc(C(F)(F)F)c2)CC1. The number of piperidine rings is 1. The Labute approximate surface area is 150 Å². The van der Waals surface area contributed by atoms with Gasteiger partial charge in [0.25, 0.3) is 0 Å². The van der Waals surface area contributed by atoms with Gasteiger partial charge in [-0.05, 0) is 30.5 Å². The fourth-order valence-electron chi connectivity index (χ4n) is 2.79. The Morgan fingerprint density at radius 3 is 2.54 bits per heavy atom. The van der Waals surface area contributed by atoms with Crippen molar-refractivity contribution in [3.05, 3.63) is 35.4 Å². The van der Waals surface area contributed by atoms with Crippen LogP contribution in [0.1, 0.15) is 24.0 Å². The van der Waals surface area contributed by atoms with E-state index in [1.165, 1.54) is 12.1 Å².